The number of benzene rings is 1. The van der Waals surface area contributed by atoms with Crippen molar-refractivity contribution >= 4 is 50.1 Å². The number of hydrogen-bond donors (Lipinski definition) is 2. The van der Waals surface area contributed by atoms with Crippen molar-refractivity contribution in [2.45, 2.75) is 25.3 Å². The minimum atomic E-state index is -0.629. The van der Waals surface area contributed by atoms with Gasteiger partial charge >= 0.3 is 5.69 Å². The Labute approximate surface area is 218 Å². The highest BCUT2D eigenvalue weighted by atomic mass is 35.5. The van der Waals surface area contributed by atoms with E-state index >= 15 is 0 Å². The van der Waals surface area contributed by atoms with Crippen molar-refractivity contribution in [2.75, 3.05) is 18.0 Å². The Hall–Kier alpha value is -3.67. The molecule has 1 aromatic carbocycles. The number of piperidine rings is 1. The fourth-order valence-electron chi connectivity index (χ4n) is 5.78. The van der Waals surface area contributed by atoms with Gasteiger partial charge in [-0.05, 0) is 54.0 Å². The number of nitrogens with one attached hydrogen (secondary N) is 1. The van der Waals surface area contributed by atoms with E-state index in [2.05, 4.69) is 29.8 Å². The van der Waals surface area contributed by atoms with Gasteiger partial charge in [0.1, 0.15) is 5.82 Å². The van der Waals surface area contributed by atoms with Crippen LogP contribution in [0.2, 0.25) is 5.02 Å². The monoisotopic (exact) mass is 532 g/mol. The number of rotatable bonds is 2. The highest BCUT2D eigenvalue weighted by Crippen LogP contribution is 2.50. The Bertz CT molecular complexity index is 1820. The van der Waals surface area contributed by atoms with Gasteiger partial charge in [0.2, 0.25) is 0 Å². The maximum Gasteiger partial charge on any atom is 0.334 e. The van der Waals surface area contributed by atoms with Crippen LogP contribution in [0.15, 0.2) is 51.9 Å². The molecule has 5 aromatic rings. The molecular formula is C25H21ClN8O2S. The molecule has 1 aliphatic carbocycles. The van der Waals surface area contributed by atoms with E-state index in [1.807, 2.05) is 12.3 Å². The van der Waals surface area contributed by atoms with Crippen molar-refractivity contribution in [3.05, 3.63) is 79.3 Å². The molecule has 1 atom stereocenters. The molecule has 1 spiro atoms. The first-order valence-corrected chi connectivity index (χ1v) is 13.2. The molecule has 1 saturated heterocycles. The molecular weight excluding hydrogens is 512 g/mol. The van der Waals surface area contributed by atoms with Gasteiger partial charge in [-0.25, -0.2) is 24.3 Å². The molecule has 3 N–H and O–H groups in total. The number of nitrogens with zero attached hydrogens (tertiary/aromatic N) is 6. The van der Waals surface area contributed by atoms with Gasteiger partial charge in [0.25, 0.3) is 5.56 Å². The van der Waals surface area contributed by atoms with Crippen molar-refractivity contribution in [1.82, 2.24) is 29.5 Å². The van der Waals surface area contributed by atoms with E-state index in [4.69, 9.17) is 17.3 Å². The zero-order valence-corrected chi connectivity index (χ0v) is 21.1. The SMILES string of the molecule is N[C@@H]1c2ccncc2CC12CCN(c1cnc3c(=O)n(-c4ccc5ncsc5c4Cl)c(=O)[nH]c3n1)CC2. The number of anilines is 1. The Morgan fingerprint density at radius 3 is 2.78 bits per heavy atom. The molecule has 0 radical (unpaired) electrons. The summed E-state index contributed by atoms with van der Waals surface area (Å²) in [4.78, 5) is 48.7. The van der Waals surface area contributed by atoms with E-state index < -0.39 is 11.2 Å². The van der Waals surface area contributed by atoms with Crippen LogP contribution in [0.25, 0.3) is 27.1 Å². The van der Waals surface area contributed by atoms with Gasteiger partial charge in [0.15, 0.2) is 11.2 Å². The number of thiazole rings is 1. The third-order valence-corrected chi connectivity index (χ3v) is 9.17. The Morgan fingerprint density at radius 1 is 1.14 bits per heavy atom. The fraction of sp³-hybridized carbons (Fsp3) is 0.280. The Kier molecular flexibility index (Phi) is 4.97. The molecule has 12 heteroatoms. The molecule has 4 aromatic heterocycles. The van der Waals surface area contributed by atoms with Crippen LogP contribution in [0.3, 0.4) is 0 Å². The van der Waals surface area contributed by atoms with Crippen LogP contribution in [-0.2, 0) is 6.42 Å². The number of fused-ring (bicyclic) bond motifs is 3. The molecule has 1 aliphatic heterocycles. The van der Waals surface area contributed by atoms with Crippen molar-refractivity contribution < 1.29 is 0 Å². The summed E-state index contributed by atoms with van der Waals surface area (Å²) in [5, 5.41) is 0.293. The zero-order valence-electron chi connectivity index (χ0n) is 19.5. The molecule has 186 valence electrons. The van der Waals surface area contributed by atoms with E-state index in [1.54, 1.807) is 30.0 Å². The van der Waals surface area contributed by atoms with E-state index in [0.29, 0.717) is 21.1 Å². The van der Waals surface area contributed by atoms with Gasteiger partial charge in [-0.15, -0.1) is 11.3 Å². The summed E-state index contributed by atoms with van der Waals surface area (Å²) in [6.45, 7) is 1.50. The average Bonchev–Trinajstić information content (AvgIpc) is 3.49. The first kappa shape index (κ1) is 22.5. The number of halogens is 1. The molecule has 0 amide bonds. The number of hydrogen-bond acceptors (Lipinski definition) is 9. The molecule has 0 bridgehead atoms. The van der Waals surface area contributed by atoms with Crippen LogP contribution in [0.1, 0.15) is 30.0 Å². The molecule has 2 aliphatic rings. The second kappa shape index (κ2) is 8.17. The number of aromatic amines is 1. The summed E-state index contributed by atoms with van der Waals surface area (Å²) >= 11 is 7.88. The number of aromatic nitrogens is 6. The summed E-state index contributed by atoms with van der Waals surface area (Å²) in [6.07, 6.45) is 8.05. The molecule has 37 heavy (non-hydrogen) atoms. The quantitative estimate of drug-likeness (QED) is 0.354. The normalized spacial score (nSPS) is 18.6. The lowest BCUT2D eigenvalue weighted by molar-refractivity contribution is 0.187. The van der Waals surface area contributed by atoms with Crippen LogP contribution >= 0.6 is 22.9 Å². The highest BCUT2D eigenvalue weighted by molar-refractivity contribution is 7.17. The Morgan fingerprint density at radius 2 is 1.97 bits per heavy atom. The maximum absolute atomic E-state index is 13.3. The van der Waals surface area contributed by atoms with E-state index in [0.717, 1.165) is 36.9 Å². The summed E-state index contributed by atoms with van der Waals surface area (Å²) in [7, 11) is 0. The minimum absolute atomic E-state index is 0.00659. The van der Waals surface area contributed by atoms with Crippen LogP contribution in [0, 0.1) is 5.41 Å². The fourth-order valence-corrected chi connectivity index (χ4v) is 6.88. The van der Waals surface area contributed by atoms with Gasteiger partial charge < -0.3 is 10.6 Å². The summed E-state index contributed by atoms with van der Waals surface area (Å²) < 4.78 is 1.70. The average molecular weight is 533 g/mol. The van der Waals surface area contributed by atoms with Crippen LogP contribution in [-0.4, -0.2) is 42.6 Å². The molecule has 10 nitrogen and oxygen atoms in total. The smallest absolute Gasteiger partial charge is 0.334 e. The standard InChI is InChI=1S/C25H21ClN8O2S/c26-18-16(2-1-15-20(18)37-12-30-15)34-23(35)19-22(32-24(34)36)31-17(11-29-19)33-7-4-25(5-8-33)9-13-10-28-6-3-14(13)21(25)27/h1-3,6,10-12,21H,4-5,7-9,27H2,(H,31,32,36)/t21-/m1/s1. The van der Waals surface area contributed by atoms with Crippen molar-refractivity contribution in [3.63, 3.8) is 0 Å². The third kappa shape index (κ3) is 3.34. The van der Waals surface area contributed by atoms with E-state index in [9.17, 15) is 9.59 Å². The molecule has 0 saturated carbocycles. The lowest BCUT2D eigenvalue weighted by Gasteiger charge is -2.42. The highest BCUT2D eigenvalue weighted by Gasteiger charge is 2.46. The largest absolute Gasteiger partial charge is 0.355 e. The third-order valence-electron chi connectivity index (χ3n) is 7.81. The van der Waals surface area contributed by atoms with E-state index in [-0.39, 0.29) is 28.3 Å². The van der Waals surface area contributed by atoms with Crippen LogP contribution in [0.5, 0.6) is 0 Å². The van der Waals surface area contributed by atoms with Crippen molar-refractivity contribution in [3.8, 4) is 5.69 Å². The lowest BCUT2D eigenvalue weighted by atomic mass is 9.73. The maximum atomic E-state index is 13.3. The first-order chi connectivity index (χ1) is 17.9. The van der Waals surface area contributed by atoms with Gasteiger partial charge in [-0.2, -0.15) is 0 Å². The molecule has 0 unspecified atom stereocenters. The van der Waals surface area contributed by atoms with Gasteiger partial charge in [0.05, 0.1) is 32.6 Å². The summed E-state index contributed by atoms with van der Waals surface area (Å²) in [6, 6.07) is 5.36. The molecule has 7 rings (SSSR count). The van der Waals surface area contributed by atoms with E-state index in [1.165, 1.54) is 22.5 Å². The predicted molar refractivity (Wildman–Crippen MR) is 143 cm³/mol. The number of H-pyrrole nitrogens is 1. The van der Waals surface area contributed by atoms with Crippen molar-refractivity contribution in [1.29, 1.82) is 0 Å². The molecule has 5 heterocycles. The lowest BCUT2D eigenvalue weighted by Crippen LogP contribution is -2.44. The van der Waals surface area contributed by atoms with Crippen LogP contribution in [0.4, 0.5) is 5.82 Å². The summed E-state index contributed by atoms with van der Waals surface area (Å²) in [5.74, 6) is 0.616. The summed E-state index contributed by atoms with van der Waals surface area (Å²) in [5.41, 5.74) is 10.8. The van der Waals surface area contributed by atoms with Gasteiger partial charge in [-0.3, -0.25) is 14.8 Å². The minimum Gasteiger partial charge on any atom is -0.355 e. The van der Waals surface area contributed by atoms with Gasteiger partial charge in [-0.1, -0.05) is 11.6 Å². The first-order valence-electron chi connectivity index (χ1n) is 11.9. The second-order valence-corrected chi connectivity index (χ2v) is 10.9. The topological polar surface area (TPSA) is 136 Å². The Balaban J connectivity index is 1.20. The molecule has 1 fully saturated rings. The second-order valence-electron chi connectivity index (χ2n) is 9.67. The van der Waals surface area contributed by atoms with Crippen molar-refractivity contribution in [2.24, 2.45) is 11.1 Å². The van der Waals surface area contributed by atoms with Crippen LogP contribution < -0.4 is 21.9 Å². The zero-order chi connectivity index (χ0) is 25.3. The predicted octanol–water partition coefficient (Wildman–Crippen LogP) is 2.97. The number of pyridine rings is 1. The number of nitrogens with two attached hydrogens (primary N) is 1. The van der Waals surface area contributed by atoms with Gasteiger partial charge in [0, 0.05) is 31.5 Å².